The van der Waals surface area contributed by atoms with Gasteiger partial charge in [0.25, 0.3) is 0 Å². The van der Waals surface area contributed by atoms with E-state index in [9.17, 15) is 0 Å². The average molecular weight is 224 g/mol. The van der Waals surface area contributed by atoms with Crippen LogP contribution in [0.1, 0.15) is 32.1 Å². The highest BCUT2D eigenvalue weighted by atomic mass is 32.2. The molecule has 0 unspecified atom stereocenters. The van der Waals surface area contributed by atoms with Crippen molar-refractivity contribution in [2.75, 3.05) is 11.6 Å². The third kappa shape index (κ3) is 3.06. The van der Waals surface area contributed by atoms with Crippen LogP contribution in [0.25, 0.3) is 0 Å². The van der Waals surface area contributed by atoms with Crippen LogP contribution in [0.3, 0.4) is 0 Å². The maximum atomic E-state index is 4.31. The van der Waals surface area contributed by atoms with Crippen molar-refractivity contribution in [2.24, 2.45) is 0 Å². The van der Waals surface area contributed by atoms with E-state index in [1.807, 2.05) is 6.26 Å². The monoisotopic (exact) mass is 224 g/mol. The Labute approximate surface area is 94.3 Å². The molecule has 1 N–H and O–H groups in total. The summed E-state index contributed by atoms with van der Waals surface area (Å²) in [4.78, 5) is 12.5. The number of hydrogen-bond donors (Lipinski definition) is 1. The summed E-state index contributed by atoms with van der Waals surface area (Å²) in [5.74, 6) is 0.723. The minimum atomic E-state index is 0.552. The SMILES string of the molecule is CSc1ncnc(NC2CCCCC2)n1. The zero-order chi connectivity index (χ0) is 10.5. The van der Waals surface area contributed by atoms with Crippen LogP contribution in [0, 0.1) is 0 Å². The van der Waals surface area contributed by atoms with Gasteiger partial charge in [0.2, 0.25) is 5.95 Å². The Balaban J connectivity index is 1.96. The highest BCUT2D eigenvalue weighted by Crippen LogP contribution is 2.20. The molecule has 0 atom stereocenters. The second-order valence-corrected chi connectivity index (χ2v) is 4.55. The molecule has 4 nitrogen and oxygen atoms in total. The minimum absolute atomic E-state index is 0.552. The molecule has 1 aromatic heterocycles. The third-order valence-corrected chi connectivity index (χ3v) is 3.23. The molecule has 0 aromatic carbocycles. The standard InChI is InChI=1S/C10H16N4S/c1-15-10-12-7-11-9(14-10)13-8-5-3-2-4-6-8/h7-8H,2-6H2,1H3,(H,11,12,13,14). The van der Waals surface area contributed by atoms with E-state index >= 15 is 0 Å². The molecule has 1 fully saturated rings. The number of thioether (sulfide) groups is 1. The van der Waals surface area contributed by atoms with Gasteiger partial charge in [0, 0.05) is 6.04 Å². The van der Waals surface area contributed by atoms with Crippen LogP contribution in [-0.2, 0) is 0 Å². The van der Waals surface area contributed by atoms with Gasteiger partial charge in [-0.2, -0.15) is 4.98 Å². The Morgan fingerprint density at radius 3 is 2.80 bits per heavy atom. The van der Waals surface area contributed by atoms with Crippen LogP contribution in [0.15, 0.2) is 11.5 Å². The maximum Gasteiger partial charge on any atom is 0.226 e. The van der Waals surface area contributed by atoms with E-state index in [1.54, 1.807) is 18.1 Å². The lowest BCUT2D eigenvalue weighted by molar-refractivity contribution is 0.460. The van der Waals surface area contributed by atoms with Gasteiger partial charge < -0.3 is 5.32 Å². The molecule has 1 saturated carbocycles. The topological polar surface area (TPSA) is 50.7 Å². The molecule has 0 aliphatic heterocycles. The first-order valence-corrected chi connectivity index (χ1v) is 6.60. The Morgan fingerprint density at radius 2 is 2.07 bits per heavy atom. The first-order chi connectivity index (χ1) is 7.38. The molecule has 2 rings (SSSR count). The van der Waals surface area contributed by atoms with Gasteiger partial charge in [-0.05, 0) is 19.1 Å². The van der Waals surface area contributed by atoms with Gasteiger partial charge >= 0.3 is 0 Å². The second kappa shape index (κ2) is 5.30. The van der Waals surface area contributed by atoms with Crippen LogP contribution in [-0.4, -0.2) is 27.2 Å². The lowest BCUT2D eigenvalue weighted by Crippen LogP contribution is -2.23. The van der Waals surface area contributed by atoms with E-state index in [2.05, 4.69) is 20.3 Å². The fraction of sp³-hybridized carbons (Fsp3) is 0.700. The van der Waals surface area contributed by atoms with Gasteiger partial charge in [-0.1, -0.05) is 31.0 Å². The predicted molar refractivity (Wildman–Crippen MR) is 62.1 cm³/mol. The molecule has 1 aliphatic carbocycles. The van der Waals surface area contributed by atoms with Crippen molar-refractivity contribution in [1.29, 1.82) is 0 Å². The molecule has 0 saturated heterocycles. The smallest absolute Gasteiger partial charge is 0.226 e. The Hall–Kier alpha value is -0.840. The van der Waals surface area contributed by atoms with E-state index in [0.29, 0.717) is 6.04 Å². The van der Waals surface area contributed by atoms with E-state index in [0.717, 1.165) is 11.1 Å². The first kappa shape index (κ1) is 10.7. The van der Waals surface area contributed by atoms with Crippen LogP contribution >= 0.6 is 11.8 Å². The molecule has 0 radical (unpaired) electrons. The van der Waals surface area contributed by atoms with Crippen LogP contribution in [0.5, 0.6) is 0 Å². The third-order valence-electron chi connectivity index (χ3n) is 2.67. The summed E-state index contributed by atoms with van der Waals surface area (Å²) in [6.07, 6.45) is 10.0. The van der Waals surface area contributed by atoms with Gasteiger partial charge in [0.1, 0.15) is 6.33 Å². The minimum Gasteiger partial charge on any atom is -0.351 e. The number of nitrogens with zero attached hydrogens (tertiary/aromatic N) is 3. The van der Waals surface area contributed by atoms with Gasteiger partial charge in [-0.25, -0.2) is 9.97 Å². The fourth-order valence-electron chi connectivity index (χ4n) is 1.88. The number of aromatic nitrogens is 3. The molecular weight excluding hydrogens is 208 g/mol. The van der Waals surface area contributed by atoms with E-state index in [4.69, 9.17) is 0 Å². The first-order valence-electron chi connectivity index (χ1n) is 5.38. The zero-order valence-corrected chi connectivity index (χ0v) is 9.76. The van der Waals surface area contributed by atoms with Crippen molar-refractivity contribution < 1.29 is 0 Å². The fourth-order valence-corrected chi connectivity index (χ4v) is 2.21. The number of rotatable bonds is 3. The molecule has 1 aromatic rings. The molecule has 1 heterocycles. The van der Waals surface area contributed by atoms with Crippen molar-refractivity contribution in [1.82, 2.24) is 15.0 Å². The number of nitrogens with one attached hydrogen (secondary N) is 1. The summed E-state index contributed by atoms with van der Waals surface area (Å²) in [6, 6.07) is 0.552. The molecular formula is C10H16N4S. The Bertz CT molecular complexity index is 312. The van der Waals surface area contributed by atoms with Crippen molar-refractivity contribution in [3.05, 3.63) is 6.33 Å². The summed E-state index contributed by atoms with van der Waals surface area (Å²) in [5.41, 5.74) is 0. The van der Waals surface area contributed by atoms with Crippen molar-refractivity contribution in [2.45, 2.75) is 43.3 Å². The van der Waals surface area contributed by atoms with E-state index in [-0.39, 0.29) is 0 Å². The zero-order valence-electron chi connectivity index (χ0n) is 8.94. The molecule has 15 heavy (non-hydrogen) atoms. The van der Waals surface area contributed by atoms with Crippen LogP contribution in [0.4, 0.5) is 5.95 Å². The molecule has 5 heteroatoms. The largest absolute Gasteiger partial charge is 0.351 e. The highest BCUT2D eigenvalue weighted by Gasteiger charge is 2.14. The molecule has 0 amide bonds. The Morgan fingerprint density at radius 1 is 1.27 bits per heavy atom. The second-order valence-electron chi connectivity index (χ2n) is 3.78. The molecule has 0 spiro atoms. The summed E-state index contributed by atoms with van der Waals surface area (Å²) < 4.78 is 0. The van der Waals surface area contributed by atoms with Crippen LogP contribution in [0.2, 0.25) is 0 Å². The van der Waals surface area contributed by atoms with Gasteiger partial charge in [-0.15, -0.1) is 0 Å². The van der Waals surface area contributed by atoms with Gasteiger partial charge in [0.15, 0.2) is 5.16 Å². The summed E-state index contributed by atoms with van der Waals surface area (Å²) in [6.45, 7) is 0. The van der Waals surface area contributed by atoms with Crippen molar-refractivity contribution in [3.63, 3.8) is 0 Å². The highest BCUT2D eigenvalue weighted by molar-refractivity contribution is 7.98. The number of hydrogen-bond acceptors (Lipinski definition) is 5. The summed E-state index contributed by atoms with van der Waals surface area (Å²) in [5, 5.41) is 4.16. The van der Waals surface area contributed by atoms with Gasteiger partial charge in [-0.3, -0.25) is 0 Å². The quantitative estimate of drug-likeness (QED) is 0.799. The predicted octanol–water partition coefficient (Wildman–Crippen LogP) is 2.34. The van der Waals surface area contributed by atoms with Crippen LogP contribution < -0.4 is 5.32 Å². The average Bonchev–Trinajstić information content (AvgIpc) is 2.31. The lowest BCUT2D eigenvalue weighted by Gasteiger charge is -2.22. The maximum absolute atomic E-state index is 4.31. The summed E-state index contributed by atoms with van der Waals surface area (Å²) >= 11 is 1.54. The molecule has 0 bridgehead atoms. The lowest BCUT2D eigenvalue weighted by atomic mass is 9.96. The summed E-state index contributed by atoms with van der Waals surface area (Å²) in [7, 11) is 0. The molecule has 1 aliphatic rings. The molecule has 82 valence electrons. The van der Waals surface area contributed by atoms with Gasteiger partial charge in [0.05, 0.1) is 0 Å². The number of anilines is 1. The van der Waals surface area contributed by atoms with E-state index < -0.39 is 0 Å². The van der Waals surface area contributed by atoms with E-state index in [1.165, 1.54) is 32.1 Å². The van der Waals surface area contributed by atoms with Crippen molar-refractivity contribution >= 4 is 17.7 Å². The van der Waals surface area contributed by atoms with Crippen molar-refractivity contribution in [3.8, 4) is 0 Å². The normalized spacial score (nSPS) is 17.7. The Kier molecular flexibility index (Phi) is 3.77.